The topological polar surface area (TPSA) is 9.23 Å². The zero-order valence-electron chi connectivity index (χ0n) is 9.41. The molecule has 0 atom stereocenters. The molecule has 0 aliphatic rings. The maximum atomic E-state index is 6.01. The van der Waals surface area contributed by atoms with Gasteiger partial charge in [0.15, 0.2) is 0 Å². The fourth-order valence-corrected chi connectivity index (χ4v) is 1.96. The summed E-state index contributed by atoms with van der Waals surface area (Å²) in [6, 6.07) is 13.7. The maximum Gasteiger partial charge on any atom is 0.138 e. The zero-order valence-corrected chi connectivity index (χ0v) is 11.8. The van der Waals surface area contributed by atoms with Crippen molar-refractivity contribution >= 4 is 27.5 Å². The van der Waals surface area contributed by atoms with Gasteiger partial charge in [-0.15, -0.1) is 0 Å². The van der Waals surface area contributed by atoms with Crippen molar-refractivity contribution < 1.29 is 4.74 Å². The SMILES string of the molecule is Cc1cc(COc2ccccc2Cl)ccc1Br. The quantitative estimate of drug-likeness (QED) is 0.776. The van der Waals surface area contributed by atoms with Gasteiger partial charge in [-0.25, -0.2) is 0 Å². The van der Waals surface area contributed by atoms with Gasteiger partial charge in [-0.1, -0.05) is 51.8 Å². The van der Waals surface area contributed by atoms with E-state index in [4.69, 9.17) is 16.3 Å². The van der Waals surface area contributed by atoms with Crippen molar-refractivity contribution in [2.75, 3.05) is 0 Å². The van der Waals surface area contributed by atoms with E-state index in [-0.39, 0.29) is 0 Å². The Bertz CT molecular complexity index is 525. The van der Waals surface area contributed by atoms with Crippen molar-refractivity contribution in [1.29, 1.82) is 0 Å². The van der Waals surface area contributed by atoms with Crippen molar-refractivity contribution in [3.8, 4) is 5.75 Å². The number of benzene rings is 2. The molecule has 0 aliphatic carbocycles. The van der Waals surface area contributed by atoms with Crippen LogP contribution in [0.5, 0.6) is 5.75 Å². The summed E-state index contributed by atoms with van der Waals surface area (Å²) in [5.41, 5.74) is 2.33. The van der Waals surface area contributed by atoms with Crippen molar-refractivity contribution in [1.82, 2.24) is 0 Å². The molecule has 3 heteroatoms. The number of aryl methyl sites for hydroxylation is 1. The molecule has 0 aromatic heterocycles. The van der Waals surface area contributed by atoms with Crippen LogP contribution in [0, 0.1) is 6.92 Å². The second-order valence-electron chi connectivity index (χ2n) is 3.80. The van der Waals surface area contributed by atoms with Gasteiger partial charge in [-0.05, 0) is 36.2 Å². The zero-order chi connectivity index (χ0) is 12.3. The van der Waals surface area contributed by atoms with Crippen molar-refractivity contribution in [2.45, 2.75) is 13.5 Å². The lowest BCUT2D eigenvalue weighted by atomic mass is 10.1. The summed E-state index contributed by atoms with van der Waals surface area (Å²) >= 11 is 9.49. The Kier molecular flexibility index (Phi) is 4.08. The second kappa shape index (κ2) is 5.56. The van der Waals surface area contributed by atoms with Crippen LogP contribution in [0.4, 0.5) is 0 Å². The van der Waals surface area contributed by atoms with Crippen LogP contribution < -0.4 is 4.74 Å². The number of ether oxygens (including phenoxy) is 1. The molecule has 0 heterocycles. The number of hydrogen-bond donors (Lipinski definition) is 0. The first-order valence-corrected chi connectivity index (χ1v) is 6.46. The number of para-hydroxylation sites is 1. The monoisotopic (exact) mass is 310 g/mol. The Morgan fingerprint density at radius 2 is 1.94 bits per heavy atom. The summed E-state index contributed by atoms with van der Waals surface area (Å²) in [6.45, 7) is 2.58. The van der Waals surface area contributed by atoms with Crippen LogP contribution in [0.1, 0.15) is 11.1 Å². The van der Waals surface area contributed by atoms with Gasteiger partial charge in [0.2, 0.25) is 0 Å². The maximum absolute atomic E-state index is 6.01. The smallest absolute Gasteiger partial charge is 0.138 e. The lowest BCUT2D eigenvalue weighted by Gasteiger charge is -2.08. The summed E-state index contributed by atoms with van der Waals surface area (Å²) in [7, 11) is 0. The van der Waals surface area contributed by atoms with E-state index in [0.29, 0.717) is 11.6 Å². The van der Waals surface area contributed by atoms with Gasteiger partial charge >= 0.3 is 0 Å². The van der Waals surface area contributed by atoms with Gasteiger partial charge in [0, 0.05) is 4.47 Å². The summed E-state index contributed by atoms with van der Waals surface area (Å²) in [6.07, 6.45) is 0. The highest BCUT2D eigenvalue weighted by Crippen LogP contribution is 2.24. The molecule has 2 aromatic carbocycles. The highest BCUT2D eigenvalue weighted by Gasteiger charge is 2.01. The molecular weight excluding hydrogens is 300 g/mol. The average molecular weight is 312 g/mol. The molecule has 88 valence electrons. The van der Waals surface area contributed by atoms with Crippen LogP contribution in [-0.4, -0.2) is 0 Å². The van der Waals surface area contributed by atoms with Gasteiger partial charge in [0.25, 0.3) is 0 Å². The van der Waals surface area contributed by atoms with Gasteiger partial charge in [0.1, 0.15) is 12.4 Å². The molecule has 0 unspecified atom stereocenters. The first kappa shape index (κ1) is 12.5. The molecule has 0 saturated heterocycles. The summed E-state index contributed by atoms with van der Waals surface area (Å²) in [4.78, 5) is 0. The summed E-state index contributed by atoms with van der Waals surface area (Å²) < 4.78 is 6.78. The predicted molar refractivity (Wildman–Crippen MR) is 74.7 cm³/mol. The van der Waals surface area contributed by atoms with E-state index in [0.717, 1.165) is 15.8 Å². The van der Waals surface area contributed by atoms with Crippen LogP contribution in [0.3, 0.4) is 0 Å². The van der Waals surface area contributed by atoms with Crippen molar-refractivity contribution in [3.63, 3.8) is 0 Å². The fraction of sp³-hybridized carbons (Fsp3) is 0.143. The minimum absolute atomic E-state index is 0.526. The predicted octanol–water partition coefficient (Wildman–Crippen LogP) is 4.99. The van der Waals surface area contributed by atoms with Gasteiger partial charge < -0.3 is 4.74 Å². The van der Waals surface area contributed by atoms with Crippen LogP contribution in [-0.2, 0) is 6.61 Å². The third-order valence-electron chi connectivity index (χ3n) is 2.45. The Labute approximate surface area is 115 Å². The molecule has 0 amide bonds. The van der Waals surface area contributed by atoms with Crippen molar-refractivity contribution in [2.24, 2.45) is 0 Å². The van der Waals surface area contributed by atoms with E-state index in [2.05, 4.69) is 28.9 Å². The lowest BCUT2D eigenvalue weighted by Crippen LogP contribution is -1.96. The lowest BCUT2D eigenvalue weighted by molar-refractivity contribution is 0.306. The Balaban J connectivity index is 2.08. The Morgan fingerprint density at radius 3 is 2.65 bits per heavy atom. The van der Waals surface area contributed by atoms with Gasteiger partial charge in [-0.2, -0.15) is 0 Å². The fourth-order valence-electron chi connectivity index (χ4n) is 1.52. The molecule has 0 fully saturated rings. The van der Waals surface area contributed by atoms with Crippen LogP contribution in [0.2, 0.25) is 5.02 Å². The van der Waals surface area contributed by atoms with Gasteiger partial charge in [0.05, 0.1) is 5.02 Å². The molecule has 17 heavy (non-hydrogen) atoms. The van der Waals surface area contributed by atoms with Crippen LogP contribution in [0.25, 0.3) is 0 Å². The number of hydrogen-bond acceptors (Lipinski definition) is 1. The molecule has 0 spiro atoms. The minimum atomic E-state index is 0.526. The molecule has 0 saturated carbocycles. The summed E-state index contributed by atoms with van der Waals surface area (Å²) in [5.74, 6) is 0.717. The molecule has 2 rings (SSSR count). The second-order valence-corrected chi connectivity index (χ2v) is 5.06. The summed E-state index contributed by atoms with van der Waals surface area (Å²) in [5, 5.41) is 0.640. The first-order chi connectivity index (χ1) is 8.16. The largest absolute Gasteiger partial charge is 0.487 e. The Hall–Kier alpha value is -0.990. The van der Waals surface area contributed by atoms with E-state index in [1.165, 1.54) is 5.56 Å². The van der Waals surface area contributed by atoms with Crippen LogP contribution in [0.15, 0.2) is 46.9 Å². The van der Waals surface area contributed by atoms with Gasteiger partial charge in [-0.3, -0.25) is 0 Å². The highest BCUT2D eigenvalue weighted by molar-refractivity contribution is 9.10. The normalized spacial score (nSPS) is 10.3. The molecule has 0 N–H and O–H groups in total. The van der Waals surface area contributed by atoms with E-state index in [1.54, 1.807) is 0 Å². The molecule has 1 nitrogen and oxygen atoms in total. The Morgan fingerprint density at radius 1 is 1.18 bits per heavy atom. The average Bonchev–Trinajstić information content (AvgIpc) is 2.32. The third kappa shape index (κ3) is 3.24. The molecule has 2 aromatic rings. The van der Waals surface area contributed by atoms with E-state index in [1.807, 2.05) is 36.4 Å². The molecular formula is C14H12BrClO. The van der Waals surface area contributed by atoms with E-state index in [9.17, 15) is 0 Å². The third-order valence-corrected chi connectivity index (χ3v) is 3.66. The first-order valence-electron chi connectivity index (χ1n) is 5.29. The molecule has 0 aliphatic heterocycles. The number of halogens is 2. The molecule has 0 radical (unpaired) electrons. The van der Waals surface area contributed by atoms with E-state index < -0.39 is 0 Å². The molecule has 0 bridgehead atoms. The minimum Gasteiger partial charge on any atom is -0.487 e. The van der Waals surface area contributed by atoms with Crippen LogP contribution >= 0.6 is 27.5 Å². The standard InChI is InChI=1S/C14H12BrClO/c1-10-8-11(6-7-12(10)15)9-17-14-5-3-2-4-13(14)16/h2-8H,9H2,1H3. The number of rotatable bonds is 3. The van der Waals surface area contributed by atoms with E-state index >= 15 is 0 Å². The van der Waals surface area contributed by atoms with Crippen molar-refractivity contribution in [3.05, 3.63) is 63.1 Å². The highest BCUT2D eigenvalue weighted by atomic mass is 79.9.